The Hall–Kier alpha value is -2.32. The van der Waals surface area contributed by atoms with Gasteiger partial charge in [-0.2, -0.15) is 9.50 Å². The lowest BCUT2D eigenvalue weighted by Gasteiger charge is -2.26. The largest absolute Gasteiger partial charge is 0.379 e. The third-order valence-electron chi connectivity index (χ3n) is 4.17. The van der Waals surface area contributed by atoms with Crippen molar-refractivity contribution >= 4 is 16.7 Å². The van der Waals surface area contributed by atoms with Crippen molar-refractivity contribution in [1.82, 2.24) is 29.0 Å². The molecule has 0 N–H and O–H groups in total. The molecule has 8 heteroatoms. The third-order valence-corrected chi connectivity index (χ3v) is 4.17. The molecule has 0 unspecified atom stereocenters. The summed E-state index contributed by atoms with van der Waals surface area (Å²) in [5.41, 5.74) is 0.696. The highest BCUT2D eigenvalue weighted by Gasteiger charge is 2.12. The Morgan fingerprint density at radius 2 is 2.09 bits per heavy atom. The molecule has 4 heterocycles. The monoisotopic (exact) mass is 314 g/mol. The van der Waals surface area contributed by atoms with Gasteiger partial charge < -0.3 is 9.30 Å². The molecule has 1 aliphatic heterocycles. The van der Waals surface area contributed by atoms with Gasteiger partial charge in [-0.05, 0) is 13.0 Å². The van der Waals surface area contributed by atoms with Crippen LogP contribution < -0.4 is 5.56 Å². The Labute approximate surface area is 132 Å². The van der Waals surface area contributed by atoms with E-state index in [1.165, 1.54) is 0 Å². The average molecular weight is 314 g/mol. The topological polar surface area (TPSA) is 77.5 Å². The number of pyridine rings is 1. The lowest BCUT2D eigenvalue weighted by atomic mass is 10.3. The van der Waals surface area contributed by atoms with E-state index < -0.39 is 0 Å². The number of nitrogens with zero attached hydrogens (tertiary/aromatic N) is 6. The summed E-state index contributed by atoms with van der Waals surface area (Å²) in [4.78, 5) is 23.4. The van der Waals surface area contributed by atoms with Gasteiger partial charge in [0.25, 0.3) is 11.3 Å². The molecule has 120 valence electrons. The Morgan fingerprint density at radius 3 is 2.91 bits per heavy atom. The van der Waals surface area contributed by atoms with Gasteiger partial charge in [-0.3, -0.25) is 9.69 Å². The second-order valence-electron chi connectivity index (χ2n) is 5.70. The molecule has 0 radical (unpaired) electrons. The molecule has 23 heavy (non-hydrogen) atoms. The number of ether oxygens (including phenoxy) is 1. The highest BCUT2D eigenvalue weighted by Crippen LogP contribution is 2.10. The second-order valence-corrected chi connectivity index (χ2v) is 5.70. The maximum atomic E-state index is 12.7. The molecular formula is C15H18N6O2. The Balaban J connectivity index is 1.67. The summed E-state index contributed by atoms with van der Waals surface area (Å²) in [5.74, 6) is 1.15. The van der Waals surface area contributed by atoms with Crippen molar-refractivity contribution in [3.8, 4) is 0 Å². The van der Waals surface area contributed by atoms with E-state index in [-0.39, 0.29) is 5.56 Å². The molecule has 4 rings (SSSR count). The van der Waals surface area contributed by atoms with Crippen molar-refractivity contribution in [2.24, 2.45) is 0 Å². The van der Waals surface area contributed by atoms with E-state index in [2.05, 4.69) is 20.0 Å². The van der Waals surface area contributed by atoms with Crippen LogP contribution in [0.4, 0.5) is 0 Å². The van der Waals surface area contributed by atoms with Crippen LogP contribution in [0.2, 0.25) is 0 Å². The first-order valence-corrected chi connectivity index (χ1v) is 7.74. The van der Waals surface area contributed by atoms with Crippen LogP contribution >= 0.6 is 0 Å². The van der Waals surface area contributed by atoms with Gasteiger partial charge in [-0.1, -0.05) is 0 Å². The van der Waals surface area contributed by atoms with Crippen LogP contribution in [0, 0.1) is 6.92 Å². The van der Waals surface area contributed by atoms with E-state index >= 15 is 0 Å². The minimum Gasteiger partial charge on any atom is -0.379 e. The maximum Gasteiger partial charge on any atom is 0.261 e. The van der Waals surface area contributed by atoms with Gasteiger partial charge >= 0.3 is 0 Å². The van der Waals surface area contributed by atoms with Gasteiger partial charge in [0.15, 0.2) is 0 Å². The lowest BCUT2D eigenvalue weighted by molar-refractivity contribution is 0.0363. The molecule has 1 saturated heterocycles. The number of aromatic nitrogens is 5. The van der Waals surface area contributed by atoms with Crippen molar-refractivity contribution < 1.29 is 4.74 Å². The van der Waals surface area contributed by atoms with Crippen LogP contribution in [0.3, 0.4) is 0 Å². The number of fused-ring (bicyclic) bond motifs is 3. The van der Waals surface area contributed by atoms with Crippen molar-refractivity contribution in [2.45, 2.75) is 13.5 Å². The minimum atomic E-state index is -0.0432. The number of hydrogen-bond donors (Lipinski definition) is 0. The van der Waals surface area contributed by atoms with Crippen LogP contribution in [-0.2, 0) is 11.3 Å². The van der Waals surface area contributed by atoms with Crippen molar-refractivity contribution in [3.63, 3.8) is 0 Å². The Morgan fingerprint density at radius 1 is 1.26 bits per heavy atom. The highest BCUT2D eigenvalue weighted by atomic mass is 16.5. The normalized spacial score (nSPS) is 16.4. The van der Waals surface area contributed by atoms with Crippen molar-refractivity contribution in [3.05, 3.63) is 34.6 Å². The summed E-state index contributed by atoms with van der Waals surface area (Å²) in [6.07, 6.45) is 3.41. The quantitative estimate of drug-likeness (QED) is 0.681. The molecule has 0 aliphatic carbocycles. The molecular weight excluding hydrogens is 296 g/mol. The fourth-order valence-electron chi connectivity index (χ4n) is 2.91. The van der Waals surface area contributed by atoms with E-state index in [9.17, 15) is 4.79 Å². The summed E-state index contributed by atoms with van der Waals surface area (Å²) < 4.78 is 8.70. The van der Waals surface area contributed by atoms with E-state index in [0.717, 1.165) is 38.4 Å². The van der Waals surface area contributed by atoms with Gasteiger partial charge in [0.2, 0.25) is 0 Å². The molecule has 8 nitrogen and oxygen atoms in total. The van der Waals surface area contributed by atoms with Crippen molar-refractivity contribution in [2.75, 3.05) is 32.8 Å². The molecule has 0 saturated carbocycles. The minimum absolute atomic E-state index is 0.0432. The summed E-state index contributed by atoms with van der Waals surface area (Å²) in [7, 11) is 0. The van der Waals surface area contributed by atoms with E-state index in [1.54, 1.807) is 15.3 Å². The zero-order chi connectivity index (χ0) is 15.8. The fraction of sp³-hybridized carbons (Fsp3) is 0.467. The van der Waals surface area contributed by atoms with Gasteiger partial charge in [0.1, 0.15) is 5.82 Å². The van der Waals surface area contributed by atoms with Crippen LogP contribution in [0.25, 0.3) is 16.7 Å². The second kappa shape index (κ2) is 5.71. The van der Waals surface area contributed by atoms with Crippen LogP contribution in [0.1, 0.15) is 5.82 Å². The fourth-order valence-corrected chi connectivity index (χ4v) is 2.91. The summed E-state index contributed by atoms with van der Waals surface area (Å²) in [5, 5.41) is 4.87. The number of morpholine rings is 1. The predicted molar refractivity (Wildman–Crippen MR) is 84.5 cm³/mol. The molecule has 1 aliphatic rings. The zero-order valence-electron chi connectivity index (χ0n) is 13.0. The van der Waals surface area contributed by atoms with Crippen LogP contribution in [0.5, 0.6) is 0 Å². The first kappa shape index (κ1) is 14.3. The molecule has 0 atom stereocenters. The van der Waals surface area contributed by atoms with Crippen LogP contribution in [-0.4, -0.2) is 61.9 Å². The van der Waals surface area contributed by atoms with Crippen LogP contribution in [0.15, 0.2) is 23.3 Å². The number of hydrogen-bond acceptors (Lipinski definition) is 6. The molecule has 0 aromatic carbocycles. The smallest absolute Gasteiger partial charge is 0.261 e. The molecule has 1 fully saturated rings. The summed E-state index contributed by atoms with van der Waals surface area (Å²) >= 11 is 0. The predicted octanol–water partition coefficient (Wildman–Crippen LogP) is 0.0798. The van der Waals surface area contributed by atoms with Gasteiger partial charge in [-0.25, -0.2) is 4.98 Å². The number of rotatable bonds is 3. The SMILES string of the molecule is Cc1nc2ncc3c(=O)n(CCN4CCOCC4)ccc3n2n1. The van der Waals surface area contributed by atoms with Crippen molar-refractivity contribution in [1.29, 1.82) is 0 Å². The third kappa shape index (κ3) is 2.60. The highest BCUT2D eigenvalue weighted by molar-refractivity contribution is 5.78. The first-order valence-electron chi connectivity index (χ1n) is 7.74. The molecule has 0 amide bonds. The number of aryl methyl sites for hydroxylation is 1. The van der Waals surface area contributed by atoms with E-state index in [1.807, 2.05) is 19.2 Å². The van der Waals surface area contributed by atoms with E-state index in [0.29, 0.717) is 23.5 Å². The summed E-state index contributed by atoms with van der Waals surface area (Å²) in [6.45, 7) is 6.67. The zero-order valence-corrected chi connectivity index (χ0v) is 13.0. The maximum absolute atomic E-state index is 12.7. The lowest BCUT2D eigenvalue weighted by Crippen LogP contribution is -2.39. The molecule has 0 bridgehead atoms. The summed E-state index contributed by atoms with van der Waals surface area (Å²) in [6, 6.07) is 1.90. The Bertz CT molecular complexity index is 909. The van der Waals surface area contributed by atoms with Gasteiger partial charge in [0, 0.05) is 38.6 Å². The standard InChI is InChI=1S/C15H18N6O2/c1-11-17-15-16-10-12-13(21(15)18-11)2-3-20(14(12)22)5-4-19-6-8-23-9-7-19/h2-3,10H,4-9H2,1H3. The van der Waals surface area contributed by atoms with E-state index in [4.69, 9.17) is 4.74 Å². The first-order chi connectivity index (χ1) is 11.2. The average Bonchev–Trinajstić information content (AvgIpc) is 2.96. The molecule has 3 aromatic rings. The molecule has 0 spiro atoms. The Kier molecular flexibility index (Phi) is 3.55. The molecule has 3 aromatic heterocycles. The van der Waals surface area contributed by atoms with Gasteiger partial charge in [0.05, 0.1) is 24.1 Å². The van der Waals surface area contributed by atoms with Gasteiger partial charge in [-0.15, -0.1) is 5.10 Å².